The third-order valence-electron chi connectivity index (χ3n) is 1.67. The van der Waals surface area contributed by atoms with Crippen LogP contribution in [0, 0.1) is 10.1 Å². The molecule has 0 aliphatic heterocycles. The van der Waals surface area contributed by atoms with Gasteiger partial charge >= 0.3 is 0 Å². The molecule has 74 valence electrons. The first-order valence-electron chi connectivity index (χ1n) is 3.82. The number of rotatable bonds is 3. The van der Waals surface area contributed by atoms with E-state index < -0.39 is 10.8 Å². The number of nitro benzene ring substituents is 1. The number of amides is 1. The first kappa shape index (κ1) is 9.97. The summed E-state index contributed by atoms with van der Waals surface area (Å²) < 4.78 is 0. The van der Waals surface area contributed by atoms with E-state index in [1.165, 1.54) is 18.2 Å². The van der Waals surface area contributed by atoms with Gasteiger partial charge in [0.25, 0.3) is 5.69 Å². The molecule has 14 heavy (non-hydrogen) atoms. The molecule has 0 aromatic heterocycles. The first-order valence-corrected chi connectivity index (χ1v) is 3.82. The first-order chi connectivity index (χ1) is 6.50. The molecule has 0 saturated heterocycles. The van der Waals surface area contributed by atoms with Crippen molar-refractivity contribution in [3.8, 4) is 0 Å². The summed E-state index contributed by atoms with van der Waals surface area (Å²) in [5.74, 6) is -0.502. The zero-order valence-corrected chi connectivity index (χ0v) is 7.27. The highest BCUT2D eigenvalue weighted by molar-refractivity contribution is 5.77. The van der Waals surface area contributed by atoms with Gasteiger partial charge in [-0.1, -0.05) is 6.07 Å². The van der Waals surface area contributed by atoms with Crippen molar-refractivity contribution in [1.29, 1.82) is 0 Å². The van der Waals surface area contributed by atoms with Crippen LogP contribution in [0.25, 0.3) is 0 Å². The number of carbonyl (C=O) groups excluding carboxylic acids is 1. The Hall–Kier alpha value is -2.11. The van der Waals surface area contributed by atoms with Crippen molar-refractivity contribution in [2.24, 2.45) is 5.73 Å². The minimum atomic E-state index is -0.580. The molecule has 1 aromatic rings. The van der Waals surface area contributed by atoms with Crippen LogP contribution in [-0.4, -0.2) is 10.8 Å². The molecule has 6 nitrogen and oxygen atoms in total. The molecule has 0 unspecified atom stereocenters. The standard InChI is InChI=1S/C8H9N3O3/c9-6-3-5(4-8(10)12)1-2-7(6)11(13)14/h1-3H,4,9H2,(H2,10,12). The van der Waals surface area contributed by atoms with E-state index in [4.69, 9.17) is 11.5 Å². The average molecular weight is 195 g/mol. The number of benzene rings is 1. The predicted octanol–water partition coefficient (Wildman–Crippen LogP) is 0.205. The molecule has 0 radical (unpaired) electrons. The van der Waals surface area contributed by atoms with E-state index in [0.717, 1.165) is 0 Å². The summed E-state index contributed by atoms with van der Waals surface area (Å²) in [7, 11) is 0. The zero-order chi connectivity index (χ0) is 10.7. The van der Waals surface area contributed by atoms with Crippen molar-refractivity contribution >= 4 is 17.3 Å². The number of primary amides is 1. The highest BCUT2D eigenvalue weighted by Crippen LogP contribution is 2.21. The molecule has 0 atom stereocenters. The topological polar surface area (TPSA) is 112 Å². The van der Waals surface area contributed by atoms with Gasteiger partial charge in [0.15, 0.2) is 0 Å². The summed E-state index contributed by atoms with van der Waals surface area (Å²) in [6, 6.07) is 4.09. The lowest BCUT2D eigenvalue weighted by atomic mass is 10.1. The highest BCUT2D eigenvalue weighted by atomic mass is 16.6. The summed E-state index contributed by atoms with van der Waals surface area (Å²) in [5, 5.41) is 10.4. The summed E-state index contributed by atoms with van der Waals surface area (Å²) >= 11 is 0. The fourth-order valence-electron chi connectivity index (χ4n) is 1.08. The second-order valence-corrected chi connectivity index (χ2v) is 2.79. The molecule has 0 fully saturated rings. The predicted molar refractivity (Wildman–Crippen MR) is 50.4 cm³/mol. The van der Waals surface area contributed by atoms with E-state index in [1.807, 2.05) is 0 Å². The Morgan fingerprint density at radius 2 is 2.14 bits per heavy atom. The van der Waals surface area contributed by atoms with E-state index in [1.54, 1.807) is 0 Å². The maximum Gasteiger partial charge on any atom is 0.292 e. The maximum absolute atomic E-state index is 10.5. The Bertz CT molecular complexity index is 389. The highest BCUT2D eigenvalue weighted by Gasteiger charge is 2.11. The minimum Gasteiger partial charge on any atom is -0.393 e. The van der Waals surface area contributed by atoms with Crippen LogP contribution in [0.5, 0.6) is 0 Å². The third-order valence-corrected chi connectivity index (χ3v) is 1.67. The number of hydrogen-bond acceptors (Lipinski definition) is 4. The Morgan fingerprint density at radius 3 is 2.57 bits per heavy atom. The lowest BCUT2D eigenvalue weighted by Gasteiger charge is -2.00. The molecule has 1 aromatic carbocycles. The van der Waals surface area contributed by atoms with Crippen LogP contribution in [0.15, 0.2) is 18.2 Å². The number of nitrogen functional groups attached to an aromatic ring is 1. The van der Waals surface area contributed by atoms with E-state index in [-0.39, 0.29) is 17.8 Å². The Balaban J connectivity index is 3.00. The van der Waals surface area contributed by atoms with Crippen LogP contribution in [0.4, 0.5) is 11.4 Å². The van der Waals surface area contributed by atoms with E-state index in [0.29, 0.717) is 5.56 Å². The van der Waals surface area contributed by atoms with E-state index >= 15 is 0 Å². The number of nitrogens with zero attached hydrogens (tertiary/aromatic N) is 1. The quantitative estimate of drug-likeness (QED) is 0.407. The summed E-state index contributed by atoms with van der Waals surface area (Å²) in [6.45, 7) is 0. The zero-order valence-electron chi connectivity index (χ0n) is 7.27. The normalized spacial score (nSPS) is 9.71. The van der Waals surface area contributed by atoms with E-state index in [2.05, 4.69) is 0 Å². The van der Waals surface area contributed by atoms with Crippen LogP contribution in [0.3, 0.4) is 0 Å². The number of hydrogen-bond donors (Lipinski definition) is 2. The minimum absolute atomic E-state index is 0.0300. The summed E-state index contributed by atoms with van der Waals surface area (Å²) in [4.78, 5) is 20.4. The fourth-order valence-corrected chi connectivity index (χ4v) is 1.08. The summed E-state index contributed by atoms with van der Waals surface area (Å²) in [6.07, 6.45) is 0.0300. The SMILES string of the molecule is NC(=O)Cc1ccc([N+](=O)[O-])c(N)c1. The molecule has 6 heteroatoms. The molecule has 4 N–H and O–H groups in total. The van der Waals surface area contributed by atoms with Crippen LogP contribution < -0.4 is 11.5 Å². The smallest absolute Gasteiger partial charge is 0.292 e. The number of carbonyl (C=O) groups is 1. The van der Waals surface area contributed by atoms with Gasteiger partial charge in [-0.25, -0.2) is 0 Å². The van der Waals surface area contributed by atoms with Gasteiger partial charge in [0.1, 0.15) is 5.69 Å². The molecular formula is C8H9N3O3. The largest absolute Gasteiger partial charge is 0.393 e. The van der Waals surface area contributed by atoms with E-state index in [9.17, 15) is 14.9 Å². The van der Waals surface area contributed by atoms with Gasteiger partial charge in [-0.2, -0.15) is 0 Å². The second-order valence-electron chi connectivity index (χ2n) is 2.79. The number of nitrogens with two attached hydrogens (primary N) is 2. The molecule has 0 spiro atoms. The number of nitro groups is 1. The fraction of sp³-hybridized carbons (Fsp3) is 0.125. The lowest BCUT2D eigenvalue weighted by molar-refractivity contribution is -0.383. The molecule has 0 aliphatic rings. The van der Waals surface area contributed by atoms with Gasteiger partial charge in [-0.05, 0) is 11.6 Å². The molecule has 0 saturated carbocycles. The lowest BCUT2D eigenvalue weighted by Crippen LogP contribution is -2.13. The molecule has 1 rings (SSSR count). The average Bonchev–Trinajstić information content (AvgIpc) is 2.01. The van der Waals surface area contributed by atoms with Crippen molar-refractivity contribution in [3.05, 3.63) is 33.9 Å². The van der Waals surface area contributed by atoms with Crippen molar-refractivity contribution in [2.45, 2.75) is 6.42 Å². The van der Waals surface area contributed by atoms with Crippen LogP contribution in [0.2, 0.25) is 0 Å². The Morgan fingerprint density at radius 1 is 1.50 bits per heavy atom. The molecule has 0 heterocycles. The Kier molecular flexibility index (Phi) is 2.66. The monoisotopic (exact) mass is 195 g/mol. The number of anilines is 1. The van der Waals surface area contributed by atoms with Gasteiger partial charge in [-0.3, -0.25) is 14.9 Å². The molecular weight excluding hydrogens is 186 g/mol. The van der Waals surface area contributed by atoms with Gasteiger partial charge in [0.2, 0.25) is 5.91 Å². The Labute approximate surface area is 79.7 Å². The van der Waals surface area contributed by atoms with Gasteiger partial charge in [0, 0.05) is 6.07 Å². The second kappa shape index (κ2) is 3.73. The van der Waals surface area contributed by atoms with Crippen molar-refractivity contribution in [1.82, 2.24) is 0 Å². The van der Waals surface area contributed by atoms with Gasteiger partial charge in [0.05, 0.1) is 11.3 Å². The van der Waals surface area contributed by atoms with Crippen LogP contribution in [-0.2, 0) is 11.2 Å². The molecule has 0 aliphatic carbocycles. The summed E-state index contributed by atoms with van der Waals surface area (Å²) in [5.41, 5.74) is 10.8. The molecule has 1 amide bonds. The molecule has 0 bridgehead atoms. The van der Waals surface area contributed by atoms with Crippen molar-refractivity contribution < 1.29 is 9.72 Å². The van der Waals surface area contributed by atoms with Gasteiger partial charge in [-0.15, -0.1) is 0 Å². The van der Waals surface area contributed by atoms with Gasteiger partial charge < -0.3 is 11.5 Å². The van der Waals surface area contributed by atoms with Crippen molar-refractivity contribution in [3.63, 3.8) is 0 Å². The van der Waals surface area contributed by atoms with Crippen molar-refractivity contribution in [2.75, 3.05) is 5.73 Å². The van der Waals surface area contributed by atoms with Crippen LogP contribution >= 0.6 is 0 Å². The maximum atomic E-state index is 10.5. The third kappa shape index (κ3) is 2.19. The van der Waals surface area contributed by atoms with Crippen LogP contribution in [0.1, 0.15) is 5.56 Å².